The first-order valence-electron chi connectivity index (χ1n) is 11.8. The first kappa shape index (κ1) is 26.4. The molecule has 190 valence electrons. The van der Waals surface area contributed by atoms with Crippen LogP contribution in [0.2, 0.25) is 0 Å². The number of benzene rings is 3. The van der Waals surface area contributed by atoms with Gasteiger partial charge in [0.05, 0.1) is 18.1 Å². The Morgan fingerprint density at radius 2 is 1.84 bits per heavy atom. The Balaban J connectivity index is 1.44. The number of rotatable bonds is 8. The van der Waals surface area contributed by atoms with Crippen molar-refractivity contribution in [3.05, 3.63) is 93.9 Å². The summed E-state index contributed by atoms with van der Waals surface area (Å²) >= 11 is 6.80. The number of carbonyl (C=O) groups is 2. The van der Waals surface area contributed by atoms with E-state index in [1.807, 2.05) is 75.4 Å². The molecule has 0 spiro atoms. The Hall–Kier alpha value is -3.62. The minimum atomic E-state index is -0.268. The minimum absolute atomic E-state index is 0.131. The van der Waals surface area contributed by atoms with Crippen molar-refractivity contribution in [2.45, 2.75) is 26.8 Å². The number of thiocarbonyl (C=S) groups is 1. The number of thioether (sulfide) groups is 1. The smallest absolute Gasteiger partial charge is 0.266 e. The quantitative estimate of drug-likeness (QED) is 0.272. The van der Waals surface area contributed by atoms with Crippen LogP contribution >= 0.6 is 24.0 Å². The third kappa shape index (κ3) is 6.03. The van der Waals surface area contributed by atoms with Crippen LogP contribution in [0.25, 0.3) is 6.08 Å². The largest absolute Gasteiger partial charge is 0.493 e. The zero-order valence-electron chi connectivity index (χ0n) is 21.1. The molecule has 0 aliphatic carbocycles. The Bertz CT molecular complexity index is 1370. The molecule has 6 nitrogen and oxygen atoms in total. The number of nitrogens with one attached hydrogen (secondary N) is 1. The molecule has 1 aliphatic rings. The van der Waals surface area contributed by atoms with Gasteiger partial charge in [0.15, 0.2) is 18.1 Å². The lowest BCUT2D eigenvalue weighted by molar-refractivity contribution is -0.123. The van der Waals surface area contributed by atoms with E-state index >= 15 is 0 Å². The van der Waals surface area contributed by atoms with Gasteiger partial charge in [0.2, 0.25) is 0 Å². The lowest BCUT2D eigenvalue weighted by atomic mass is 10.1. The molecular formula is C29H28N2O4S2. The SMILES string of the molecule is COc1cc(/C=C2\SC(=S)N([C@@H](C)c3ccccc3)C2=O)ccc1OCC(=O)Nc1cccc(C)c1C. The highest BCUT2D eigenvalue weighted by molar-refractivity contribution is 8.26. The van der Waals surface area contributed by atoms with Crippen LogP contribution in [0.4, 0.5) is 5.69 Å². The number of nitrogens with zero attached hydrogens (tertiary/aromatic N) is 1. The van der Waals surface area contributed by atoms with Crippen LogP contribution in [0, 0.1) is 13.8 Å². The third-order valence-corrected chi connectivity index (χ3v) is 7.55. The Morgan fingerprint density at radius 1 is 1.08 bits per heavy atom. The zero-order chi connectivity index (χ0) is 26.5. The summed E-state index contributed by atoms with van der Waals surface area (Å²) in [7, 11) is 1.53. The van der Waals surface area contributed by atoms with Gasteiger partial charge in [-0.1, -0.05) is 72.5 Å². The number of anilines is 1. The van der Waals surface area contributed by atoms with E-state index in [9.17, 15) is 9.59 Å². The number of hydrogen-bond acceptors (Lipinski definition) is 6. The lowest BCUT2D eigenvalue weighted by Crippen LogP contribution is -2.30. The highest BCUT2D eigenvalue weighted by atomic mass is 32.2. The van der Waals surface area contributed by atoms with Crippen molar-refractivity contribution < 1.29 is 19.1 Å². The second-order valence-corrected chi connectivity index (χ2v) is 10.3. The topological polar surface area (TPSA) is 67.9 Å². The van der Waals surface area contributed by atoms with Crippen molar-refractivity contribution in [2.24, 2.45) is 0 Å². The van der Waals surface area contributed by atoms with Crippen LogP contribution in [-0.4, -0.2) is 34.8 Å². The maximum atomic E-state index is 13.2. The van der Waals surface area contributed by atoms with Crippen LogP contribution in [0.5, 0.6) is 11.5 Å². The van der Waals surface area contributed by atoms with Crippen molar-refractivity contribution in [3.63, 3.8) is 0 Å². The van der Waals surface area contributed by atoms with Gasteiger partial charge in [-0.05, 0) is 67.3 Å². The van der Waals surface area contributed by atoms with Gasteiger partial charge in [-0.2, -0.15) is 0 Å². The fourth-order valence-electron chi connectivity index (χ4n) is 3.96. The Labute approximate surface area is 226 Å². The van der Waals surface area contributed by atoms with Crippen molar-refractivity contribution in [3.8, 4) is 11.5 Å². The van der Waals surface area contributed by atoms with Crippen molar-refractivity contribution >= 4 is 51.9 Å². The number of carbonyl (C=O) groups excluding carboxylic acids is 2. The van der Waals surface area contributed by atoms with Crippen LogP contribution in [0.1, 0.15) is 35.2 Å². The maximum Gasteiger partial charge on any atom is 0.266 e. The van der Waals surface area contributed by atoms with E-state index in [0.717, 1.165) is 27.9 Å². The molecule has 0 aromatic heterocycles. The van der Waals surface area contributed by atoms with E-state index in [0.29, 0.717) is 20.7 Å². The average Bonchev–Trinajstić information content (AvgIpc) is 3.18. The second-order valence-electron chi connectivity index (χ2n) is 8.63. The molecule has 1 N–H and O–H groups in total. The molecule has 1 heterocycles. The molecule has 37 heavy (non-hydrogen) atoms. The number of aryl methyl sites for hydroxylation is 1. The van der Waals surface area contributed by atoms with Crippen molar-refractivity contribution in [1.29, 1.82) is 0 Å². The van der Waals surface area contributed by atoms with Gasteiger partial charge in [0, 0.05) is 5.69 Å². The molecule has 0 unspecified atom stereocenters. The predicted octanol–water partition coefficient (Wildman–Crippen LogP) is 6.29. The lowest BCUT2D eigenvalue weighted by Gasteiger charge is -2.23. The Morgan fingerprint density at radius 3 is 2.57 bits per heavy atom. The first-order valence-corrected chi connectivity index (χ1v) is 13.0. The van der Waals surface area contributed by atoms with E-state index in [1.54, 1.807) is 23.1 Å². The second kappa shape index (κ2) is 11.6. The fourth-order valence-corrected chi connectivity index (χ4v) is 5.37. The molecule has 8 heteroatoms. The summed E-state index contributed by atoms with van der Waals surface area (Å²) in [5, 5.41) is 2.88. The molecule has 3 aromatic rings. The van der Waals surface area contributed by atoms with Crippen molar-refractivity contribution in [1.82, 2.24) is 4.90 Å². The number of methoxy groups -OCH3 is 1. The molecule has 1 fully saturated rings. The number of hydrogen-bond donors (Lipinski definition) is 1. The summed E-state index contributed by atoms with van der Waals surface area (Å²) in [4.78, 5) is 27.8. The first-order chi connectivity index (χ1) is 17.8. The molecule has 1 saturated heterocycles. The summed E-state index contributed by atoms with van der Waals surface area (Å²) < 4.78 is 11.7. The average molecular weight is 533 g/mol. The van der Waals surface area contributed by atoms with Gasteiger partial charge in [0.1, 0.15) is 4.32 Å². The van der Waals surface area contributed by atoms with Crippen molar-refractivity contribution in [2.75, 3.05) is 19.0 Å². The van der Waals surface area contributed by atoms with Gasteiger partial charge >= 0.3 is 0 Å². The molecule has 1 aliphatic heterocycles. The highest BCUT2D eigenvalue weighted by Gasteiger charge is 2.35. The third-order valence-electron chi connectivity index (χ3n) is 6.22. The van der Waals surface area contributed by atoms with E-state index in [-0.39, 0.29) is 24.5 Å². The van der Waals surface area contributed by atoms with Crippen LogP contribution in [0.15, 0.2) is 71.6 Å². The molecular weight excluding hydrogens is 504 g/mol. The summed E-state index contributed by atoms with van der Waals surface area (Å²) in [6, 6.07) is 20.7. The fraction of sp³-hybridized carbons (Fsp3) is 0.207. The van der Waals surface area contributed by atoms with E-state index in [2.05, 4.69) is 5.32 Å². The molecule has 4 rings (SSSR count). The van der Waals surface area contributed by atoms with Gasteiger partial charge in [-0.3, -0.25) is 14.5 Å². The Kier molecular flexibility index (Phi) is 8.31. The monoisotopic (exact) mass is 532 g/mol. The summed E-state index contributed by atoms with van der Waals surface area (Å²) in [6.45, 7) is 5.76. The normalized spacial score (nSPS) is 15.1. The molecule has 0 radical (unpaired) electrons. The van der Waals surface area contributed by atoms with E-state index in [4.69, 9.17) is 21.7 Å². The molecule has 3 aromatic carbocycles. The maximum absolute atomic E-state index is 13.2. The number of ether oxygens (including phenoxy) is 2. The van der Waals surface area contributed by atoms with Crippen LogP contribution in [0.3, 0.4) is 0 Å². The molecule has 1 atom stereocenters. The summed E-state index contributed by atoms with van der Waals surface area (Å²) in [5.41, 5.74) is 4.65. The molecule has 0 saturated carbocycles. The summed E-state index contributed by atoms with van der Waals surface area (Å²) in [5.74, 6) is 0.493. The van der Waals surface area contributed by atoms with Gasteiger partial charge in [-0.25, -0.2) is 0 Å². The van der Waals surface area contributed by atoms with Gasteiger partial charge < -0.3 is 14.8 Å². The van der Waals surface area contributed by atoms with Gasteiger partial charge in [0.25, 0.3) is 11.8 Å². The summed E-state index contributed by atoms with van der Waals surface area (Å²) in [6.07, 6.45) is 1.79. The standard InChI is InChI=1S/C29H28N2O4S2/c1-18-9-8-12-23(19(18)2)30-27(32)17-35-24-14-13-21(15-25(24)34-4)16-26-28(33)31(29(36)37-26)20(3)22-10-6-5-7-11-22/h5-16,20H,17H2,1-4H3,(H,30,32)/b26-16-/t20-/m0/s1. The molecule has 2 amide bonds. The minimum Gasteiger partial charge on any atom is -0.493 e. The van der Waals surface area contributed by atoms with Crippen LogP contribution < -0.4 is 14.8 Å². The van der Waals surface area contributed by atoms with Crippen LogP contribution in [-0.2, 0) is 9.59 Å². The predicted molar refractivity (Wildman–Crippen MR) is 153 cm³/mol. The highest BCUT2D eigenvalue weighted by Crippen LogP contribution is 2.39. The van der Waals surface area contributed by atoms with E-state index in [1.165, 1.54) is 18.9 Å². The number of amides is 2. The zero-order valence-corrected chi connectivity index (χ0v) is 22.7. The van der Waals surface area contributed by atoms with E-state index < -0.39 is 0 Å². The van der Waals surface area contributed by atoms with Gasteiger partial charge in [-0.15, -0.1) is 0 Å². The molecule has 0 bridgehead atoms.